The SMILES string of the molecule is NC(=O)CCC(O)c1ccc2c(c1)OCCO2. The second-order valence-corrected chi connectivity index (χ2v) is 3.92. The number of carbonyl (C=O) groups excluding carboxylic acids is 1. The molecule has 1 unspecified atom stereocenters. The van der Waals surface area contributed by atoms with E-state index in [1.807, 2.05) is 0 Å². The molecule has 0 aliphatic carbocycles. The summed E-state index contributed by atoms with van der Waals surface area (Å²) in [5, 5.41) is 9.87. The van der Waals surface area contributed by atoms with Crippen molar-refractivity contribution in [1.29, 1.82) is 0 Å². The third-order valence-electron chi connectivity index (χ3n) is 2.62. The number of ether oxygens (including phenoxy) is 2. The topological polar surface area (TPSA) is 81.8 Å². The van der Waals surface area contributed by atoms with Gasteiger partial charge in [-0.25, -0.2) is 0 Å². The quantitative estimate of drug-likeness (QED) is 0.809. The second-order valence-electron chi connectivity index (χ2n) is 3.92. The summed E-state index contributed by atoms with van der Waals surface area (Å²) in [6, 6.07) is 5.26. The zero-order valence-electron chi connectivity index (χ0n) is 9.39. The number of fused-ring (bicyclic) bond motifs is 1. The van der Waals surface area contributed by atoms with Crippen LogP contribution in [-0.4, -0.2) is 24.2 Å². The average Bonchev–Trinajstić information content (AvgIpc) is 2.35. The predicted octanol–water partition coefficient (Wildman–Crippen LogP) is 0.757. The summed E-state index contributed by atoms with van der Waals surface area (Å²) in [7, 11) is 0. The van der Waals surface area contributed by atoms with Gasteiger partial charge in [-0.3, -0.25) is 4.79 Å². The van der Waals surface area contributed by atoms with Gasteiger partial charge in [0.25, 0.3) is 0 Å². The number of hydrogen-bond donors (Lipinski definition) is 2. The molecular formula is C12H15NO4. The molecule has 0 saturated carbocycles. The molecule has 1 aromatic rings. The summed E-state index contributed by atoms with van der Waals surface area (Å²) >= 11 is 0. The molecule has 0 bridgehead atoms. The Morgan fingerprint density at radius 3 is 2.76 bits per heavy atom. The molecule has 3 N–H and O–H groups in total. The lowest BCUT2D eigenvalue weighted by Gasteiger charge is -2.20. The zero-order valence-corrected chi connectivity index (χ0v) is 9.39. The Kier molecular flexibility index (Phi) is 3.49. The first-order valence-corrected chi connectivity index (χ1v) is 5.53. The molecule has 5 heteroatoms. The van der Waals surface area contributed by atoms with Crippen molar-refractivity contribution in [1.82, 2.24) is 0 Å². The number of carbonyl (C=O) groups is 1. The molecule has 1 heterocycles. The van der Waals surface area contributed by atoms with Crippen LogP contribution in [0.1, 0.15) is 24.5 Å². The molecule has 0 aromatic heterocycles. The standard InChI is InChI=1S/C12H15NO4/c13-12(15)4-2-9(14)8-1-3-10-11(7-8)17-6-5-16-10/h1,3,7,9,14H,2,4-6H2,(H2,13,15). The van der Waals surface area contributed by atoms with E-state index in [1.165, 1.54) is 0 Å². The number of amides is 1. The molecule has 1 atom stereocenters. The van der Waals surface area contributed by atoms with Crippen molar-refractivity contribution in [3.63, 3.8) is 0 Å². The maximum atomic E-state index is 10.6. The first-order chi connectivity index (χ1) is 8.16. The van der Waals surface area contributed by atoms with Crippen LogP contribution in [0.25, 0.3) is 0 Å². The Balaban J connectivity index is 2.08. The highest BCUT2D eigenvalue weighted by atomic mass is 16.6. The predicted molar refractivity (Wildman–Crippen MR) is 60.8 cm³/mol. The third kappa shape index (κ3) is 2.88. The van der Waals surface area contributed by atoms with Gasteiger partial charge in [0.1, 0.15) is 13.2 Å². The molecule has 17 heavy (non-hydrogen) atoms. The van der Waals surface area contributed by atoms with E-state index in [9.17, 15) is 9.90 Å². The Hall–Kier alpha value is -1.75. The molecule has 0 fully saturated rings. The number of primary amides is 1. The molecule has 1 aliphatic heterocycles. The van der Waals surface area contributed by atoms with Crippen molar-refractivity contribution >= 4 is 5.91 Å². The molecule has 1 aromatic carbocycles. The molecule has 0 spiro atoms. The lowest BCUT2D eigenvalue weighted by Crippen LogP contribution is -2.16. The number of benzene rings is 1. The number of nitrogens with two attached hydrogens (primary N) is 1. The molecule has 5 nitrogen and oxygen atoms in total. The lowest BCUT2D eigenvalue weighted by atomic mass is 10.0. The minimum Gasteiger partial charge on any atom is -0.486 e. The Bertz CT molecular complexity index is 419. The van der Waals surface area contributed by atoms with Crippen LogP contribution in [-0.2, 0) is 4.79 Å². The van der Waals surface area contributed by atoms with E-state index in [1.54, 1.807) is 18.2 Å². The van der Waals surface area contributed by atoms with Gasteiger partial charge in [0.2, 0.25) is 5.91 Å². The first-order valence-electron chi connectivity index (χ1n) is 5.53. The summed E-state index contributed by atoms with van der Waals surface area (Å²) < 4.78 is 10.8. The van der Waals surface area contributed by atoms with Crippen LogP contribution in [0, 0.1) is 0 Å². The fourth-order valence-corrected chi connectivity index (χ4v) is 1.71. The lowest BCUT2D eigenvalue weighted by molar-refractivity contribution is -0.118. The van der Waals surface area contributed by atoms with Gasteiger partial charge < -0.3 is 20.3 Å². The van der Waals surface area contributed by atoms with Gasteiger partial charge in [0, 0.05) is 6.42 Å². The van der Waals surface area contributed by atoms with Crippen molar-refractivity contribution in [3.05, 3.63) is 23.8 Å². The van der Waals surface area contributed by atoms with Crippen molar-refractivity contribution in [2.24, 2.45) is 5.73 Å². The Morgan fingerprint density at radius 1 is 1.35 bits per heavy atom. The zero-order chi connectivity index (χ0) is 12.3. The van der Waals surface area contributed by atoms with Crippen molar-refractivity contribution in [2.45, 2.75) is 18.9 Å². The second kappa shape index (κ2) is 5.05. The maximum Gasteiger partial charge on any atom is 0.217 e. The molecule has 0 saturated heterocycles. The Labute approximate surface area is 99.1 Å². The van der Waals surface area contributed by atoms with E-state index in [0.717, 1.165) is 0 Å². The highest BCUT2D eigenvalue weighted by molar-refractivity contribution is 5.73. The normalized spacial score (nSPS) is 15.4. The van der Waals surface area contributed by atoms with Gasteiger partial charge in [-0.05, 0) is 24.1 Å². The van der Waals surface area contributed by atoms with E-state index >= 15 is 0 Å². The van der Waals surface area contributed by atoms with Crippen molar-refractivity contribution in [2.75, 3.05) is 13.2 Å². The van der Waals surface area contributed by atoms with Gasteiger partial charge in [-0.15, -0.1) is 0 Å². The number of aliphatic hydroxyl groups is 1. The maximum absolute atomic E-state index is 10.6. The summed E-state index contributed by atoms with van der Waals surface area (Å²) in [6.07, 6.45) is -0.233. The highest BCUT2D eigenvalue weighted by Crippen LogP contribution is 2.33. The van der Waals surface area contributed by atoms with Crippen molar-refractivity contribution in [3.8, 4) is 11.5 Å². The highest BCUT2D eigenvalue weighted by Gasteiger charge is 2.15. The van der Waals surface area contributed by atoms with Gasteiger partial charge in [-0.1, -0.05) is 6.07 Å². The minimum absolute atomic E-state index is 0.162. The summed E-state index contributed by atoms with van der Waals surface area (Å²) in [5.41, 5.74) is 5.74. The van der Waals surface area contributed by atoms with E-state index in [-0.39, 0.29) is 6.42 Å². The summed E-state index contributed by atoms with van der Waals surface area (Å²) in [4.78, 5) is 10.6. The van der Waals surface area contributed by atoms with Gasteiger partial charge >= 0.3 is 0 Å². The van der Waals surface area contributed by atoms with Crippen LogP contribution in [0.4, 0.5) is 0 Å². The Morgan fingerprint density at radius 2 is 2.06 bits per heavy atom. The molecule has 0 radical (unpaired) electrons. The largest absolute Gasteiger partial charge is 0.486 e. The summed E-state index contributed by atoms with van der Waals surface area (Å²) in [6.45, 7) is 1.05. The van der Waals surface area contributed by atoms with Gasteiger partial charge in [0.05, 0.1) is 6.10 Å². The monoisotopic (exact) mass is 237 g/mol. The van der Waals surface area contributed by atoms with Crippen LogP contribution in [0.15, 0.2) is 18.2 Å². The van der Waals surface area contributed by atoms with E-state index in [0.29, 0.717) is 36.7 Å². The summed E-state index contributed by atoms with van der Waals surface area (Å²) in [5.74, 6) is 0.899. The van der Waals surface area contributed by atoms with Crippen LogP contribution >= 0.6 is 0 Å². The number of rotatable bonds is 4. The molecular weight excluding hydrogens is 222 g/mol. The fourth-order valence-electron chi connectivity index (χ4n) is 1.71. The van der Waals surface area contributed by atoms with Gasteiger partial charge in [0.15, 0.2) is 11.5 Å². The van der Waals surface area contributed by atoms with Crippen LogP contribution < -0.4 is 15.2 Å². The third-order valence-corrected chi connectivity index (χ3v) is 2.62. The van der Waals surface area contributed by atoms with E-state index < -0.39 is 12.0 Å². The number of hydrogen-bond acceptors (Lipinski definition) is 4. The van der Waals surface area contributed by atoms with Crippen molar-refractivity contribution < 1.29 is 19.4 Å². The molecule has 1 amide bonds. The number of aliphatic hydroxyl groups excluding tert-OH is 1. The minimum atomic E-state index is -0.710. The van der Waals surface area contributed by atoms with Crippen LogP contribution in [0.5, 0.6) is 11.5 Å². The van der Waals surface area contributed by atoms with Crippen LogP contribution in [0.3, 0.4) is 0 Å². The smallest absolute Gasteiger partial charge is 0.217 e. The molecule has 92 valence electrons. The fraction of sp³-hybridized carbons (Fsp3) is 0.417. The van der Waals surface area contributed by atoms with Crippen LogP contribution in [0.2, 0.25) is 0 Å². The average molecular weight is 237 g/mol. The molecule has 1 aliphatic rings. The van der Waals surface area contributed by atoms with E-state index in [4.69, 9.17) is 15.2 Å². The molecule has 2 rings (SSSR count). The van der Waals surface area contributed by atoms with E-state index in [2.05, 4.69) is 0 Å². The van der Waals surface area contributed by atoms with Gasteiger partial charge in [-0.2, -0.15) is 0 Å². The first kappa shape index (κ1) is 11.7.